The Labute approximate surface area is 122 Å². The van der Waals surface area contributed by atoms with Crippen LogP contribution in [-0.4, -0.2) is 18.5 Å². The van der Waals surface area contributed by atoms with Gasteiger partial charge in [0.15, 0.2) is 0 Å². The van der Waals surface area contributed by atoms with Gasteiger partial charge < -0.3 is 0 Å². The third-order valence-electron chi connectivity index (χ3n) is 4.10. The van der Waals surface area contributed by atoms with E-state index in [0.29, 0.717) is 12.0 Å². The lowest BCUT2D eigenvalue weighted by atomic mass is 9.98. The summed E-state index contributed by atoms with van der Waals surface area (Å²) in [4.78, 5) is 2.44. The van der Waals surface area contributed by atoms with Crippen molar-refractivity contribution >= 4 is 10.8 Å². The van der Waals surface area contributed by atoms with Gasteiger partial charge in [0.1, 0.15) is 0 Å². The molecule has 0 saturated heterocycles. The van der Waals surface area contributed by atoms with Gasteiger partial charge in [-0.3, -0.25) is 4.90 Å². The first-order valence-corrected chi connectivity index (χ1v) is 7.42. The van der Waals surface area contributed by atoms with Crippen LogP contribution in [0.15, 0.2) is 55.1 Å². The van der Waals surface area contributed by atoms with Crippen molar-refractivity contribution in [1.82, 2.24) is 4.90 Å². The minimum atomic E-state index is 0.424. The Morgan fingerprint density at radius 1 is 1.10 bits per heavy atom. The predicted molar refractivity (Wildman–Crippen MR) is 89.0 cm³/mol. The van der Waals surface area contributed by atoms with Gasteiger partial charge >= 0.3 is 0 Å². The summed E-state index contributed by atoms with van der Waals surface area (Å²) in [5.74, 6) is 0.648. The molecule has 0 aliphatic carbocycles. The average Bonchev–Trinajstić information content (AvgIpc) is 2.46. The molecule has 1 nitrogen and oxygen atoms in total. The lowest BCUT2D eigenvalue weighted by molar-refractivity contribution is 0.228. The molecule has 0 N–H and O–H groups in total. The molecule has 0 aliphatic heterocycles. The highest BCUT2D eigenvalue weighted by atomic mass is 15.1. The predicted octanol–water partition coefficient (Wildman–Crippen LogP) is 5.04. The average molecular weight is 267 g/mol. The zero-order valence-corrected chi connectivity index (χ0v) is 12.8. The molecule has 2 atom stereocenters. The Hall–Kier alpha value is -1.60. The second-order valence-corrected chi connectivity index (χ2v) is 5.81. The molecule has 2 aromatic carbocycles. The topological polar surface area (TPSA) is 3.24 Å². The van der Waals surface area contributed by atoms with E-state index in [1.54, 1.807) is 0 Å². The van der Waals surface area contributed by atoms with Crippen molar-refractivity contribution in [1.29, 1.82) is 0 Å². The summed E-state index contributed by atoms with van der Waals surface area (Å²) in [5.41, 5.74) is 1.41. The van der Waals surface area contributed by atoms with E-state index in [2.05, 4.69) is 74.8 Å². The maximum atomic E-state index is 3.83. The standard InChI is InChI=1S/C19H25N/c1-5-9-15(2)14-20(4)16(3)18-13-8-11-17-10-6-7-12-19(17)18/h5-8,10-13,15-16H,1,9,14H2,2-4H3/t15-,16-/m0/s1. The molecule has 0 spiro atoms. The van der Waals surface area contributed by atoms with Gasteiger partial charge in [-0.05, 0) is 42.6 Å². The lowest BCUT2D eigenvalue weighted by Gasteiger charge is -2.28. The highest BCUT2D eigenvalue weighted by Gasteiger charge is 2.15. The van der Waals surface area contributed by atoms with Crippen molar-refractivity contribution in [3.05, 3.63) is 60.7 Å². The van der Waals surface area contributed by atoms with Crippen LogP contribution in [0.3, 0.4) is 0 Å². The Kier molecular flexibility index (Phi) is 4.97. The van der Waals surface area contributed by atoms with Crippen LogP contribution in [0.5, 0.6) is 0 Å². The van der Waals surface area contributed by atoms with E-state index in [0.717, 1.165) is 13.0 Å². The molecule has 0 fully saturated rings. The molecule has 0 aromatic heterocycles. The molecule has 0 unspecified atom stereocenters. The van der Waals surface area contributed by atoms with Crippen LogP contribution in [0, 0.1) is 5.92 Å². The van der Waals surface area contributed by atoms with Crippen molar-refractivity contribution in [3.8, 4) is 0 Å². The zero-order chi connectivity index (χ0) is 14.5. The van der Waals surface area contributed by atoms with Crippen LogP contribution in [-0.2, 0) is 0 Å². The Morgan fingerprint density at radius 3 is 2.55 bits per heavy atom. The van der Waals surface area contributed by atoms with E-state index in [4.69, 9.17) is 0 Å². The van der Waals surface area contributed by atoms with E-state index in [1.807, 2.05) is 6.08 Å². The van der Waals surface area contributed by atoms with Crippen molar-refractivity contribution < 1.29 is 0 Å². The fourth-order valence-electron chi connectivity index (χ4n) is 2.86. The molecule has 2 rings (SSSR count). The number of hydrogen-bond donors (Lipinski definition) is 0. The van der Waals surface area contributed by atoms with Gasteiger partial charge in [0.05, 0.1) is 0 Å². The smallest absolute Gasteiger partial charge is 0.0323 e. The second-order valence-electron chi connectivity index (χ2n) is 5.81. The fraction of sp³-hybridized carbons (Fsp3) is 0.368. The molecule has 0 heterocycles. The van der Waals surface area contributed by atoms with Gasteiger partial charge in [-0.2, -0.15) is 0 Å². The number of allylic oxidation sites excluding steroid dienone is 1. The summed E-state index contributed by atoms with van der Waals surface area (Å²) in [5, 5.41) is 2.69. The summed E-state index contributed by atoms with van der Waals surface area (Å²) in [6, 6.07) is 15.7. The number of benzene rings is 2. The first-order chi connectivity index (χ1) is 9.63. The highest BCUT2D eigenvalue weighted by Crippen LogP contribution is 2.27. The third kappa shape index (κ3) is 3.29. The van der Waals surface area contributed by atoms with Gasteiger partial charge in [-0.1, -0.05) is 55.5 Å². The normalized spacial score (nSPS) is 14.4. The molecule has 2 aromatic rings. The van der Waals surface area contributed by atoms with Gasteiger partial charge in [0.2, 0.25) is 0 Å². The Bertz CT molecular complexity index is 567. The molecule has 0 amide bonds. The van der Waals surface area contributed by atoms with E-state index >= 15 is 0 Å². The Morgan fingerprint density at radius 2 is 1.80 bits per heavy atom. The van der Waals surface area contributed by atoms with E-state index in [1.165, 1.54) is 16.3 Å². The maximum absolute atomic E-state index is 3.83. The molecule has 20 heavy (non-hydrogen) atoms. The first-order valence-electron chi connectivity index (χ1n) is 7.42. The molecule has 0 radical (unpaired) electrons. The van der Waals surface area contributed by atoms with Crippen molar-refractivity contribution in [3.63, 3.8) is 0 Å². The third-order valence-corrected chi connectivity index (χ3v) is 4.10. The number of rotatable bonds is 6. The summed E-state index contributed by atoms with van der Waals surface area (Å²) < 4.78 is 0. The lowest BCUT2D eigenvalue weighted by Crippen LogP contribution is -2.27. The number of fused-ring (bicyclic) bond motifs is 1. The maximum Gasteiger partial charge on any atom is 0.0323 e. The number of hydrogen-bond acceptors (Lipinski definition) is 1. The van der Waals surface area contributed by atoms with Crippen LogP contribution < -0.4 is 0 Å². The van der Waals surface area contributed by atoms with E-state index < -0.39 is 0 Å². The van der Waals surface area contributed by atoms with Crippen LogP contribution in [0.1, 0.15) is 31.9 Å². The van der Waals surface area contributed by atoms with Crippen molar-refractivity contribution in [2.75, 3.05) is 13.6 Å². The SMILES string of the molecule is C=CC[C@H](C)CN(C)[C@@H](C)c1cccc2ccccc12. The second kappa shape index (κ2) is 6.71. The van der Waals surface area contributed by atoms with Crippen LogP contribution >= 0.6 is 0 Å². The summed E-state index contributed by atoms with van der Waals surface area (Å²) in [6.45, 7) is 9.51. The van der Waals surface area contributed by atoms with Gasteiger partial charge in [0.25, 0.3) is 0 Å². The molecular weight excluding hydrogens is 242 g/mol. The summed E-state index contributed by atoms with van der Waals surface area (Å²) in [6.07, 6.45) is 3.09. The van der Waals surface area contributed by atoms with Crippen molar-refractivity contribution in [2.24, 2.45) is 5.92 Å². The highest BCUT2D eigenvalue weighted by molar-refractivity contribution is 5.86. The largest absolute Gasteiger partial charge is 0.299 e. The molecule has 106 valence electrons. The van der Waals surface area contributed by atoms with E-state index in [-0.39, 0.29) is 0 Å². The first kappa shape index (κ1) is 14.8. The van der Waals surface area contributed by atoms with Crippen LogP contribution in [0.2, 0.25) is 0 Å². The van der Waals surface area contributed by atoms with Crippen molar-refractivity contribution in [2.45, 2.75) is 26.3 Å². The molecule has 0 bridgehead atoms. The minimum Gasteiger partial charge on any atom is -0.299 e. The van der Waals surface area contributed by atoms with Gasteiger partial charge in [-0.25, -0.2) is 0 Å². The number of nitrogens with zero attached hydrogens (tertiary/aromatic N) is 1. The summed E-state index contributed by atoms with van der Waals surface area (Å²) >= 11 is 0. The minimum absolute atomic E-state index is 0.424. The quantitative estimate of drug-likeness (QED) is 0.662. The van der Waals surface area contributed by atoms with Crippen LogP contribution in [0.25, 0.3) is 10.8 Å². The van der Waals surface area contributed by atoms with Crippen LogP contribution in [0.4, 0.5) is 0 Å². The van der Waals surface area contributed by atoms with Gasteiger partial charge in [-0.15, -0.1) is 6.58 Å². The molecule has 1 heteroatoms. The fourth-order valence-corrected chi connectivity index (χ4v) is 2.86. The van der Waals surface area contributed by atoms with E-state index in [9.17, 15) is 0 Å². The zero-order valence-electron chi connectivity index (χ0n) is 12.8. The monoisotopic (exact) mass is 267 g/mol. The van der Waals surface area contributed by atoms with Gasteiger partial charge in [0, 0.05) is 12.6 Å². The molecule has 0 aliphatic rings. The Balaban J connectivity index is 2.22. The summed E-state index contributed by atoms with van der Waals surface area (Å²) in [7, 11) is 2.21. The molecular formula is C19H25N. The molecule has 0 saturated carbocycles.